The molecule has 1 rings (SSSR count). The Balaban J connectivity index is 3.41. The second-order valence-electron chi connectivity index (χ2n) is 2.26. The lowest BCUT2D eigenvalue weighted by molar-refractivity contribution is 0.425. The van der Waals surface area contributed by atoms with Crippen molar-refractivity contribution in [1.29, 1.82) is 0 Å². The minimum absolute atomic E-state index is 0.00861. The van der Waals surface area contributed by atoms with Crippen LogP contribution in [0.25, 0.3) is 0 Å². The van der Waals surface area contributed by atoms with E-state index in [4.69, 9.17) is 21.6 Å². The lowest BCUT2D eigenvalue weighted by Gasteiger charge is -2.07. The summed E-state index contributed by atoms with van der Waals surface area (Å²) in [6.07, 6.45) is 0. The molecule has 0 radical (unpaired) electrons. The van der Waals surface area contributed by atoms with Gasteiger partial charge in [0.15, 0.2) is 0 Å². The fourth-order valence-electron chi connectivity index (χ4n) is 0.779. The van der Waals surface area contributed by atoms with Crippen molar-refractivity contribution in [1.82, 2.24) is 0 Å². The Labute approximate surface area is 96.1 Å². The van der Waals surface area contributed by atoms with Crippen LogP contribution in [0.3, 0.4) is 0 Å². The van der Waals surface area contributed by atoms with Crippen LogP contribution in [0.1, 0.15) is 0 Å². The van der Waals surface area contributed by atoms with Crippen molar-refractivity contribution in [3.63, 3.8) is 0 Å². The fraction of sp³-hybridized carbons (Fsp3) is 0. The predicted molar refractivity (Wildman–Crippen MR) is 56.6 cm³/mol. The fourth-order valence-corrected chi connectivity index (χ4v) is 2.07. The minimum Gasteiger partial charge on any atom is -0.423 e. The average Bonchev–Trinajstić information content (AvgIpc) is 2.07. The molecule has 0 saturated heterocycles. The number of halogens is 4. The zero-order valence-electron chi connectivity index (χ0n) is 6.06. The summed E-state index contributed by atoms with van der Waals surface area (Å²) in [6.45, 7) is 0. The maximum Gasteiger partial charge on any atom is 0.489 e. The maximum atomic E-state index is 13.0. The molecule has 0 amide bonds. The number of benzene rings is 1. The summed E-state index contributed by atoms with van der Waals surface area (Å²) in [5.74, 6) is -0.642. The highest BCUT2D eigenvalue weighted by atomic mass is 79.9. The first kappa shape index (κ1) is 11.5. The van der Waals surface area contributed by atoms with E-state index < -0.39 is 12.9 Å². The van der Waals surface area contributed by atoms with Crippen LogP contribution in [-0.4, -0.2) is 17.2 Å². The summed E-state index contributed by atoms with van der Waals surface area (Å²) in [7, 11) is -1.76. The third-order valence-electron chi connectivity index (χ3n) is 1.41. The van der Waals surface area contributed by atoms with Crippen molar-refractivity contribution in [2.75, 3.05) is 0 Å². The Morgan fingerprint density at radius 3 is 2.31 bits per heavy atom. The standard InChI is InChI=1S/C6H3BBr2ClFO2/c8-4-2(7(12)13)1-3(11)5(9)6(4)10/h1,12-13H. The van der Waals surface area contributed by atoms with Gasteiger partial charge in [0, 0.05) is 9.94 Å². The molecule has 1 aromatic carbocycles. The molecule has 0 heterocycles. The van der Waals surface area contributed by atoms with Crippen LogP contribution in [0.5, 0.6) is 0 Å². The zero-order valence-corrected chi connectivity index (χ0v) is 9.99. The monoisotopic (exact) mass is 330 g/mol. The van der Waals surface area contributed by atoms with E-state index in [0.29, 0.717) is 0 Å². The Morgan fingerprint density at radius 1 is 1.31 bits per heavy atom. The highest BCUT2D eigenvalue weighted by molar-refractivity contribution is 9.11. The van der Waals surface area contributed by atoms with E-state index in [1.54, 1.807) is 0 Å². The molecular formula is C6H3BBr2ClFO2. The van der Waals surface area contributed by atoms with Crippen molar-refractivity contribution < 1.29 is 14.4 Å². The van der Waals surface area contributed by atoms with Gasteiger partial charge >= 0.3 is 7.12 Å². The van der Waals surface area contributed by atoms with Gasteiger partial charge in [-0.05, 0) is 37.9 Å². The predicted octanol–water partition coefficient (Wildman–Crippen LogP) is 1.68. The molecule has 0 bridgehead atoms. The minimum atomic E-state index is -1.76. The van der Waals surface area contributed by atoms with Crippen LogP contribution in [0.4, 0.5) is 4.39 Å². The van der Waals surface area contributed by atoms with Gasteiger partial charge in [0.25, 0.3) is 0 Å². The molecule has 0 spiro atoms. The van der Waals surface area contributed by atoms with Gasteiger partial charge in [-0.3, -0.25) is 0 Å². The van der Waals surface area contributed by atoms with E-state index in [2.05, 4.69) is 31.9 Å². The molecule has 0 aliphatic rings. The number of hydrogen-bond acceptors (Lipinski definition) is 2. The van der Waals surface area contributed by atoms with Crippen molar-refractivity contribution in [2.24, 2.45) is 0 Å². The zero-order chi connectivity index (χ0) is 10.2. The molecule has 0 unspecified atom stereocenters. The summed E-state index contributed by atoms with van der Waals surface area (Å²) in [5.41, 5.74) is -0.00861. The van der Waals surface area contributed by atoms with Gasteiger partial charge in [0.1, 0.15) is 5.82 Å². The smallest absolute Gasteiger partial charge is 0.423 e. The second kappa shape index (κ2) is 4.27. The van der Waals surface area contributed by atoms with Gasteiger partial charge in [-0.15, -0.1) is 0 Å². The normalized spacial score (nSPS) is 10.3. The molecule has 0 atom stereocenters. The molecule has 2 N–H and O–H groups in total. The van der Waals surface area contributed by atoms with E-state index >= 15 is 0 Å². The molecule has 0 aromatic heterocycles. The van der Waals surface area contributed by atoms with E-state index in [-0.39, 0.29) is 19.4 Å². The Morgan fingerprint density at radius 2 is 1.85 bits per heavy atom. The van der Waals surface area contributed by atoms with Crippen LogP contribution >= 0.6 is 43.5 Å². The molecule has 0 fully saturated rings. The van der Waals surface area contributed by atoms with Crippen molar-refractivity contribution >= 4 is 56.0 Å². The van der Waals surface area contributed by atoms with Gasteiger partial charge < -0.3 is 10.0 Å². The molecule has 1 aromatic rings. The first-order valence-electron chi connectivity index (χ1n) is 3.14. The SMILES string of the molecule is OB(O)c1cc(F)c(Br)c(Cl)c1Br. The maximum absolute atomic E-state index is 13.0. The first-order chi connectivity index (χ1) is 5.95. The summed E-state index contributed by atoms with van der Waals surface area (Å²) in [5, 5.41) is 17.7. The molecule has 7 heteroatoms. The Hall–Kier alpha value is 0.385. The van der Waals surface area contributed by atoms with Crippen LogP contribution < -0.4 is 5.46 Å². The molecular weight excluding hydrogens is 329 g/mol. The highest BCUT2D eigenvalue weighted by Crippen LogP contribution is 2.31. The molecule has 0 saturated carbocycles. The van der Waals surface area contributed by atoms with Gasteiger partial charge in [0.2, 0.25) is 0 Å². The van der Waals surface area contributed by atoms with E-state index in [1.807, 2.05) is 0 Å². The van der Waals surface area contributed by atoms with Crippen molar-refractivity contribution in [3.05, 3.63) is 25.9 Å². The third-order valence-corrected chi connectivity index (χ3v) is 3.87. The van der Waals surface area contributed by atoms with Gasteiger partial charge in [-0.2, -0.15) is 0 Å². The summed E-state index contributed by atoms with van der Waals surface area (Å²) < 4.78 is 13.4. The average molecular weight is 332 g/mol. The summed E-state index contributed by atoms with van der Waals surface area (Å²) in [4.78, 5) is 0. The molecule has 0 aliphatic heterocycles. The van der Waals surface area contributed by atoms with Crippen LogP contribution in [-0.2, 0) is 0 Å². The molecule has 70 valence electrons. The van der Waals surface area contributed by atoms with Crippen LogP contribution in [0, 0.1) is 5.82 Å². The number of rotatable bonds is 1. The third kappa shape index (κ3) is 2.25. The molecule has 2 nitrogen and oxygen atoms in total. The van der Waals surface area contributed by atoms with E-state index in [9.17, 15) is 4.39 Å². The largest absolute Gasteiger partial charge is 0.489 e. The van der Waals surface area contributed by atoms with Gasteiger partial charge in [-0.25, -0.2) is 4.39 Å². The van der Waals surface area contributed by atoms with Crippen LogP contribution in [0.15, 0.2) is 15.0 Å². The van der Waals surface area contributed by atoms with Crippen molar-refractivity contribution in [2.45, 2.75) is 0 Å². The Bertz CT molecular complexity index is 348. The lowest BCUT2D eigenvalue weighted by atomic mass is 9.80. The van der Waals surface area contributed by atoms with E-state index in [1.165, 1.54) is 0 Å². The Kier molecular flexibility index (Phi) is 3.77. The topological polar surface area (TPSA) is 40.5 Å². The highest BCUT2D eigenvalue weighted by Gasteiger charge is 2.21. The van der Waals surface area contributed by atoms with E-state index in [0.717, 1.165) is 6.07 Å². The van der Waals surface area contributed by atoms with Crippen LogP contribution in [0.2, 0.25) is 5.02 Å². The molecule has 0 aliphatic carbocycles. The quantitative estimate of drug-likeness (QED) is 0.467. The second-order valence-corrected chi connectivity index (χ2v) is 4.23. The van der Waals surface area contributed by atoms with Gasteiger partial charge in [0.05, 0.1) is 9.50 Å². The lowest BCUT2D eigenvalue weighted by Crippen LogP contribution is -2.31. The number of hydrogen-bond donors (Lipinski definition) is 2. The summed E-state index contributed by atoms with van der Waals surface area (Å²) in [6, 6.07) is 0.991. The molecule has 13 heavy (non-hydrogen) atoms. The first-order valence-corrected chi connectivity index (χ1v) is 5.10. The summed E-state index contributed by atoms with van der Waals surface area (Å²) >= 11 is 11.6. The van der Waals surface area contributed by atoms with Crippen molar-refractivity contribution in [3.8, 4) is 0 Å². The van der Waals surface area contributed by atoms with Gasteiger partial charge in [-0.1, -0.05) is 11.6 Å².